The number of nitrogens with zero attached hydrogens (tertiary/aromatic N) is 6. The van der Waals surface area contributed by atoms with Crippen LogP contribution in [0.5, 0.6) is 0 Å². The highest BCUT2D eigenvalue weighted by molar-refractivity contribution is 6.05. The number of anilines is 1. The third-order valence-electron chi connectivity index (χ3n) is 5.83. The number of guanidine groups is 2. The Labute approximate surface area is 177 Å². The van der Waals surface area contributed by atoms with Crippen LogP contribution in [0, 0.1) is 0 Å². The maximum Gasteiger partial charge on any atom is 0.356 e. The lowest BCUT2D eigenvalue weighted by Crippen LogP contribution is -2.58. The van der Waals surface area contributed by atoms with Gasteiger partial charge in [-0.25, -0.2) is 19.3 Å². The van der Waals surface area contributed by atoms with Gasteiger partial charge < -0.3 is 16.6 Å². The second-order valence-corrected chi connectivity index (χ2v) is 7.80. The molecule has 1 aliphatic heterocycles. The summed E-state index contributed by atoms with van der Waals surface area (Å²) in [6.45, 7) is 0. The average Bonchev–Trinajstić information content (AvgIpc) is 3.19. The van der Waals surface area contributed by atoms with Crippen molar-refractivity contribution in [3.8, 4) is 11.3 Å². The maximum atomic E-state index is 11.4. The normalized spacial score (nSPS) is 18.1. The smallest absolute Gasteiger partial charge is 0.356 e. The molecule has 10 nitrogen and oxygen atoms in total. The van der Waals surface area contributed by atoms with Gasteiger partial charge in [-0.2, -0.15) is 10.1 Å². The van der Waals surface area contributed by atoms with E-state index < -0.39 is 11.6 Å². The molecule has 0 bridgehead atoms. The molecular weight excluding hydrogens is 396 g/mol. The summed E-state index contributed by atoms with van der Waals surface area (Å²) in [6.07, 6.45) is 6.55. The van der Waals surface area contributed by atoms with Crippen molar-refractivity contribution in [3.05, 3.63) is 48.3 Å². The van der Waals surface area contributed by atoms with Crippen molar-refractivity contribution >= 4 is 29.2 Å². The van der Waals surface area contributed by atoms with Gasteiger partial charge in [-0.05, 0) is 43.9 Å². The van der Waals surface area contributed by atoms with Crippen LogP contribution in [0.1, 0.15) is 42.6 Å². The summed E-state index contributed by atoms with van der Waals surface area (Å²) >= 11 is 0. The minimum atomic E-state index is -1.10. The lowest BCUT2D eigenvalue weighted by Gasteiger charge is -2.45. The molecule has 1 saturated carbocycles. The zero-order valence-electron chi connectivity index (χ0n) is 16.8. The number of fused-ring (bicyclic) bond motifs is 1. The second-order valence-electron chi connectivity index (χ2n) is 7.80. The highest BCUT2D eigenvalue weighted by Crippen LogP contribution is 2.40. The van der Waals surface area contributed by atoms with Gasteiger partial charge in [0.15, 0.2) is 11.3 Å². The minimum absolute atomic E-state index is 0.0607. The predicted octanol–water partition coefficient (Wildman–Crippen LogP) is 2.20. The number of carboxylic acids is 1. The molecule has 0 unspecified atom stereocenters. The van der Waals surface area contributed by atoms with Gasteiger partial charge in [-0.3, -0.25) is 4.90 Å². The van der Waals surface area contributed by atoms with Crippen LogP contribution in [-0.2, 0) is 0 Å². The molecule has 0 saturated heterocycles. The summed E-state index contributed by atoms with van der Waals surface area (Å²) in [6, 6.07) is 11.0. The van der Waals surface area contributed by atoms with E-state index in [-0.39, 0.29) is 11.7 Å². The Kier molecular flexibility index (Phi) is 4.35. The quantitative estimate of drug-likeness (QED) is 0.590. The molecule has 3 aromatic rings. The van der Waals surface area contributed by atoms with Crippen molar-refractivity contribution in [2.45, 2.75) is 37.8 Å². The number of aromatic nitrogens is 3. The van der Waals surface area contributed by atoms with E-state index in [2.05, 4.69) is 15.1 Å². The molecule has 10 heteroatoms. The van der Waals surface area contributed by atoms with Crippen molar-refractivity contribution < 1.29 is 9.90 Å². The van der Waals surface area contributed by atoms with E-state index in [1.165, 1.54) is 10.6 Å². The van der Waals surface area contributed by atoms with E-state index in [1.807, 2.05) is 29.2 Å². The van der Waals surface area contributed by atoms with E-state index in [0.717, 1.165) is 43.4 Å². The van der Waals surface area contributed by atoms with E-state index in [4.69, 9.17) is 16.5 Å². The summed E-state index contributed by atoms with van der Waals surface area (Å²) in [5.74, 6) is -0.573. The topological polar surface area (TPSA) is 147 Å². The first-order valence-electron chi connectivity index (χ1n) is 10.2. The Hall–Kier alpha value is -3.95. The fraction of sp³-hybridized carbons (Fsp3) is 0.286. The Morgan fingerprint density at radius 2 is 1.90 bits per heavy atom. The summed E-state index contributed by atoms with van der Waals surface area (Å²) < 4.78 is 1.53. The average molecular weight is 418 g/mol. The molecule has 5 N–H and O–H groups in total. The van der Waals surface area contributed by atoms with Crippen LogP contribution < -0.4 is 16.4 Å². The standard InChI is InChI=1S/C21H22N8O2/c22-19-25-20(23)28(21(26-19)8-2-1-3-9-21)14-6-4-5-13(11-14)16-7-10-24-17-12-15(18(30)31)27-29(16)17/h4-7,10-12H,1-3,8-9H2,(H,30,31)(H4,22,23,25,26). The fourth-order valence-electron chi connectivity index (χ4n) is 4.52. The molecule has 2 aliphatic rings. The third-order valence-corrected chi connectivity index (χ3v) is 5.83. The SMILES string of the molecule is NC1=NC2(CCCCC2)N(c2cccc(-c3ccnc4cc(C(=O)O)nn34)c2)C(N)=N1. The van der Waals surface area contributed by atoms with Gasteiger partial charge in [0.2, 0.25) is 11.9 Å². The number of rotatable bonds is 3. The summed E-state index contributed by atoms with van der Waals surface area (Å²) in [5.41, 5.74) is 14.6. The largest absolute Gasteiger partial charge is 0.476 e. The van der Waals surface area contributed by atoms with Crippen molar-refractivity contribution in [1.82, 2.24) is 14.6 Å². The lowest BCUT2D eigenvalue weighted by atomic mass is 9.87. The number of aliphatic imine (C=N–C) groups is 2. The molecule has 5 rings (SSSR count). The monoisotopic (exact) mass is 418 g/mol. The molecule has 31 heavy (non-hydrogen) atoms. The van der Waals surface area contributed by atoms with Gasteiger partial charge in [0.25, 0.3) is 0 Å². The van der Waals surface area contributed by atoms with E-state index in [9.17, 15) is 9.90 Å². The molecule has 1 aliphatic carbocycles. The number of carbonyl (C=O) groups is 1. The van der Waals surface area contributed by atoms with Gasteiger partial charge in [-0.15, -0.1) is 0 Å². The zero-order valence-corrected chi connectivity index (χ0v) is 16.8. The van der Waals surface area contributed by atoms with E-state index >= 15 is 0 Å². The van der Waals surface area contributed by atoms with Crippen LogP contribution in [-0.4, -0.2) is 43.3 Å². The Morgan fingerprint density at radius 1 is 1.10 bits per heavy atom. The molecule has 0 amide bonds. The molecule has 1 aromatic carbocycles. The molecule has 0 radical (unpaired) electrons. The van der Waals surface area contributed by atoms with Crippen molar-refractivity contribution in [3.63, 3.8) is 0 Å². The minimum Gasteiger partial charge on any atom is -0.476 e. The number of hydrogen-bond donors (Lipinski definition) is 3. The van der Waals surface area contributed by atoms with Crippen LogP contribution in [0.15, 0.2) is 52.6 Å². The van der Waals surface area contributed by atoms with E-state index in [0.29, 0.717) is 17.3 Å². The summed E-state index contributed by atoms with van der Waals surface area (Å²) in [4.78, 5) is 26.5. The van der Waals surface area contributed by atoms with Gasteiger partial charge >= 0.3 is 5.97 Å². The van der Waals surface area contributed by atoms with Crippen LogP contribution in [0.4, 0.5) is 5.69 Å². The van der Waals surface area contributed by atoms with Gasteiger partial charge in [0.1, 0.15) is 5.66 Å². The first kappa shape index (κ1) is 19.0. The maximum absolute atomic E-state index is 11.4. The number of benzene rings is 1. The highest BCUT2D eigenvalue weighted by Gasteiger charge is 2.42. The van der Waals surface area contributed by atoms with Crippen LogP contribution in [0.2, 0.25) is 0 Å². The summed E-state index contributed by atoms with van der Waals surface area (Å²) in [7, 11) is 0. The molecule has 3 heterocycles. The Morgan fingerprint density at radius 3 is 2.68 bits per heavy atom. The van der Waals surface area contributed by atoms with Crippen LogP contribution in [0.3, 0.4) is 0 Å². The lowest BCUT2D eigenvalue weighted by molar-refractivity contribution is 0.0690. The Bertz CT molecular complexity index is 1240. The van der Waals surface area contributed by atoms with Gasteiger partial charge in [-0.1, -0.05) is 18.6 Å². The number of carboxylic acid groups (broad SMARTS) is 1. The number of nitrogens with two attached hydrogens (primary N) is 2. The first-order valence-corrected chi connectivity index (χ1v) is 10.2. The van der Waals surface area contributed by atoms with Gasteiger partial charge in [0.05, 0.1) is 5.69 Å². The molecule has 0 atom stereocenters. The first-order chi connectivity index (χ1) is 15.0. The summed E-state index contributed by atoms with van der Waals surface area (Å²) in [5, 5.41) is 13.5. The molecule has 1 fully saturated rings. The Balaban J connectivity index is 1.62. The molecular formula is C21H22N8O2. The van der Waals surface area contributed by atoms with Crippen molar-refractivity contribution in [2.24, 2.45) is 21.5 Å². The number of hydrogen-bond acceptors (Lipinski definition) is 8. The van der Waals surface area contributed by atoms with E-state index in [1.54, 1.807) is 12.3 Å². The van der Waals surface area contributed by atoms with Crippen molar-refractivity contribution in [1.29, 1.82) is 0 Å². The van der Waals surface area contributed by atoms with Crippen molar-refractivity contribution in [2.75, 3.05) is 4.90 Å². The molecule has 2 aromatic heterocycles. The number of aromatic carboxylic acids is 1. The highest BCUT2D eigenvalue weighted by atomic mass is 16.4. The molecule has 158 valence electrons. The zero-order chi connectivity index (χ0) is 21.6. The third kappa shape index (κ3) is 3.16. The fourth-order valence-corrected chi connectivity index (χ4v) is 4.52. The van der Waals surface area contributed by atoms with Crippen LogP contribution >= 0.6 is 0 Å². The van der Waals surface area contributed by atoms with Crippen LogP contribution in [0.25, 0.3) is 16.9 Å². The molecule has 1 spiro atoms. The van der Waals surface area contributed by atoms with Gasteiger partial charge in [0, 0.05) is 23.5 Å². The second kappa shape index (κ2) is 7.08. The predicted molar refractivity (Wildman–Crippen MR) is 117 cm³/mol.